The fraction of sp³-hybridized carbons (Fsp3) is 0.0769. The Morgan fingerprint density at radius 1 is 0.708 bits per heavy atom. The number of hydrogen-bond acceptors (Lipinski definition) is 6. The van der Waals surface area contributed by atoms with Crippen molar-refractivity contribution < 1.29 is 28.5 Å². The smallest absolute Gasteiger partial charge is 0.260 e. The molecule has 0 unspecified atom stereocenters. The zero-order chi connectivity index (χ0) is 33.6. The lowest BCUT2D eigenvalue weighted by molar-refractivity contribution is 0.0996. The fourth-order valence-corrected chi connectivity index (χ4v) is 5.94. The molecule has 0 aromatic heterocycles. The van der Waals surface area contributed by atoms with Gasteiger partial charge in [0, 0.05) is 21.1 Å². The third-order valence-electron chi connectivity index (χ3n) is 7.85. The number of primary amides is 1. The topological polar surface area (TPSA) is 109 Å². The molecule has 48 heavy (non-hydrogen) atoms. The van der Waals surface area contributed by atoms with E-state index in [9.17, 15) is 9.59 Å². The summed E-state index contributed by atoms with van der Waals surface area (Å²) in [5.41, 5.74) is 10.9. The Hall–Kier alpha value is -5.80. The highest BCUT2D eigenvalue weighted by atomic mass is 79.9. The van der Waals surface area contributed by atoms with E-state index in [1.54, 1.807) is 50.6 Å². The Bertz CT molecular complexity index is 2100. The van der Waals surface area contributed by atoms with Gasteiger partial charge >= 0.3 is 0 Å². The molecule has 0 bridgehead atoms. The van der Waals surface area contributed by atoms with Crippen LogP contribution in [0.25, 0.3) is 33.0 Å². The average Bonchev–Trinajstić information content (AvgIpc) is 3.61. The minimum atomic E-state index is -0.379. The minimum absolute atomic E-state index is 0.0732. The number of nitrogens with one attached hydrogen (secondary N) is 1. The minimum Gasteiger partial charge on any atom is -0.493 e. The molecule has 1 aliphatic rings. The number of methoxy groups -OCH3 is 2. The number of anilines is 1. The van der Waals surface area contributed by atoms with E-state index in [0.717, 1.165) is 33.0 Å². The van der Waals surface area contributed by atoms with E-state index in [-0.39, 0.29) is 18.6 Å². The number of amides is 2. The van der Waals surface area contributed by atoms with Crippen LogP contribution in [0.4, 0.5) is 5.69 Å². The molecule has 0 saturated carbocycles. The van der Waals surface area contributed by atoms with Crippen LogP contribution in [0.15, 0.2) is 126 Å². The van der Waals surface area contributed by atoms with Crippen LogP contribution in [0.1, 0.15) is 20.7 Å². The standard InChI is InChI=1S/C32H24BrNO5.C7H7NO/c1-36-28-16-23-22(21-10-8-20(9-11-21)19-6-4-3-5-7-19)12-14-26(24(23)17-29(28)37-2)34-32(35)30-25(33)13-15-27-31(30)39-18-38-27;8-7(9)6-4-2-1-3-5-6/h3-17H,18H2,1-2H3,(H,34,35);1-5H,(H2,8,9). The van der Waals surface area contributed by atoms with Gasteiger partial charge < -0.3 is 30.0 Å². The number of halogens is 1. The maximum absolute atomic E-state index is 13.5. The van der Waals surface area contributed by atoms with Crippen molar-refractivity contribution in [2.45, 2.75) is 0 Å². The zero-order valence-electron chi connectivity index (χ0n) is 26.2. The molecule has 6 aromatic rings. The summed E-state index contributed by atoms with van der Waals surface area (Å²) in [5, 5.41) is 4.79. The first-order valence-electron chi connectivity index (χ1n) is 15.0. The van der Waals surface area contributed by atoms with Gasteiger partial charge in [0.05, 0.1) is 19.8 Å². The maximum atomic E-state index is 13.5. The van der Waals surface area contributed by atoms with Crippen LogP contribution < -0.4 is 30.0 Å². The molecule has 0 radical (unpaired) electrons. The summed E-state index contributed by atoms with van der Waals surface area (Å²) >= 11 is 3.49. The highest BCUT2D eigenvalue weighted by molar-refractivity contribution is 9.10. The van der Waals surface area contributed by atoms with E-state index in [4.69, 9.17) is 24.7 Å². The molecule has 3 N–H and O–H groups in total. The SMILES string of the molecule is COc1cc2c(NC(=O)c3c(Br)ccc4c3OCO4)ccc(-c3ccc(-c4ccccc4)cc3)c2cc1OC.NC(=O)c1ccccc1. The van der Waals surface area contributed by atoms with Gasteiger partial charge in [0.1, 0.15) is 0 Å². The Kier molecular flexibility index (Phi) is 9.59. The molecular weight excluding hydrogens is 672 g/mol. The van der Waals surface area contributed by atoms with Crippen molar-refractivity contribution in [2.75, 3.05) is 26.3 Å². The first-order valence-corrected chi connectivity index (χ1v) is 15.8. The first kappa shape index (κ1) is 32.2. The summed E-state index contributed by atoms with van der Waals surface area (Å²) in [4.78, 5) is 23.9. The van der Waals surface area contributed by atoms with Gasteiger partial charge in [-0.25, -0.2) is 0 Å². The molecule has 8 nitrogen and oxygen atoms in total. The number of ether oxygens (including phenoxy) is 4. The molecule has 1 aliphatic heterocycles. The summed E-state index contributed by atoms with van der Waals surface area (Å²) in [6, 6.07) is 38.7. The van der Waals surface area contributed by atoms with Gasteiger partial charge in [0.2, 0.25) is 12.7 Å². The molecule has 0 aliphatic carbocycles. The van der Waals surface area contributed by atoms with E-state index < -0.39 is 0 Å². The molecule has 0 fully saturated rings. The number of carbonyl (C=O) groups is 2. The van der Waals surface area contributed by atoms with Gasteiger partial charge in [0.15, 0.2) is 23.0 Å². The van der Waals surface area contributed by atoms with Gasteiger partial charge in [-0.05, 0) is 86.0 Å². The lowest BCUT2D eigenvalue weighted by Gasteiger charge is -2.17. The van der Waals surface area contributed by atoms with Crippen molar-refractivity contribution in [3.63, 3.8) is 0 Å². The number of rotatable bonds is 7. The van der Waals surface area contributed by atoms with Crippen molar-refractivity contribution in [1.82, 2.24) is 0 Å². The highest BCUT2D eigenvalue weighted by Gasteiger charge is 2.26. The largest absolute Gasteiger partial charge is 0.493 e. The van der Waals surface area contributed by atoms with E-state index in [1.807, 2.05) is 48.5 Å². The predicted octanol–water partition coefficient (Wildman–Crippen LogP) is 8.72. The van der Waals surface area contributed by atoms with Crippen LogP contribution >= 0.6 is 15.9 Å². The number of hydrogen-bond donors (Lipinski definition) is 2. The molecular formula is C39H31BrN2O6. The van der Waals surface area contributed by atoms with Crippen LogP contribution in [0.2, 0.25) is 0 Å². The molecule has 2 amide bonds. The summed E-state index contributed by atoms with van der Waals surface area (Å²) in [6.45, 7) is 0.0732. The van der Waals surface area contributed by atoms with Crippen molar-refractivity contribution in [3.8, 4) is 45.3 Å². The second kappa shape index (κ2) is 14.3. The van der Waals surface area contributed by atoms with Gasteiger partial charge in [-0.2, -0.15) is 0 Å². The average molecular weight is 704 g/mol. The Balaban J connectivity index is 0.000000388. The fourth-order valence-electron chi connectivity index (χ4n) is 5.45. The summed E-state index contributed by atoms with van der Waals surface area (Å²) in [7, 11) is 3.20. The molecule has 6 aromatic carbocycles. The summed E-state index contributed by atoms with van der Waals surface area (Å²) in [5.74, 6) is 1.42. The van der Waals surface area contributed by atoms with E-state index >= 15 is 0 Å². The monoisotopic (exact) mass is 702 g/mol. The van der Waals surface area contributed by atoms with Crippen LogP contribution in [-0.2, 0) is 0 Å². The number of benzene rings is 6. The van der Waals surface area contributed by atoms with E-state index in [0.29, 0.717) is 44.3 Å². The predicted molar refractivity (Wildman–Crippen MR) is 191 cm³/mol. The number of fused-ring (bicyclic) bond motifs is 2. The Morgan fingerprint density at radius 3 is 1.94 bits per heavy atom. The Labute approximate surface area is 286 Å². The normalized spacial score (nSPS) is 11.3. The molecule has 0 atom stereocenters. The van der Waals surface area contributed by atoms with Crippen molar-refractivity contribution >= 4 is 44.2 Å². The third-order valence-corrected chi connectivity index (χ3v) is 8.51. The second-order valence-electron chi connectivity index (χ2n) is 10.7. The van der Waals surface area contributed by atoms with Gasteiger partial charge in [0.25, 0.3) is 5.91 Å². The molecule has 0 saturated heterocycles. The lowest BCUT2D eigenvalue weighted by Crippen LogP contribution is -2.14. The van der Waals surface area contributed by atoms with Gasteiger partial charge in [-0.15, -0.1) is 0 Å². The highest BCUT2D eigenvalue weighted by Crippen LogP contribution is 2.43. The number of nitrogens with two attached hydrogens (primary N) is 1. The molecule has 7 rings (SSSR count). The second-order valence-corrected chi connectivity index (χ2v) is 11.6. The summed E-state index contributed by atoms with van der Waals surface area (Å²) < 4.78 is 22.9. The lowest BCUT2D eigenvalue weighted by atomic mass is 9.94. The maximum Gasteiger partial charge on any atom is 0.260 e. The molecule has 1 heterocycles. The molecule has 0 spiro atoms. The van der Waals surface area contributed by atoms with Crippen molar-refractivity contribution in [1.29, 1.82) is 0 Å². The van der Waals surface area contributed by atoms with Gasteiger partial charge in [-0.3, -0.25) is 9.59 Å². The van der Waals surface area contributed by atoms with Crippen LogP contribution in [0.3, 0.4) is 0 Å². The van der Waals surface area contributed by atoms with Crippen LogP contribution in [-0.4, -0.2) is 32.8 Å². The quantitative estimate of drug-likeness (QED) is 0.172. The zero-order valence-corrected chi connectivity index (χ0v) is 27.7. The number of carbonyl (C=O) groups excluding carboxylic acids is 2. The van der Waals surface area contributed by atoms with E-state index in [2.05, 4.69) is 57.6 Å². The molecule has 9 heteroatoms. The van der Waals surface area contributed by atoms with Crippen LogP contribution in [0, 0.1) is 0 Å². The summed E-state index contributed by atoms with van der Waals surface area (Å²) in [6.07, 6.45) is 0. The third kappa shape index (κ3) is 6.67. The van der Waals surface area contributed by atoms with E-state index in [1.165, 1.54) is 0 Å². The van der Waals surface area contributed by atoms with Crippen LogP contribution in [0.5, 0.6) is 23.0 Å². The molecule has 240 valence electrons. The van der Waals surface area contributed by atoms with Crippen molar-refractivity contribution in [2.24, 2.45) is 5.73 Å². The Morgan fingerprint density at radius 2 is 1.31 bits per heavy atom. The van der Waals surface area contributed by atoms with Crippen molar-refractivity contribution in [3.05, 3.63) is 137 Å². The van der Waals surface area contributed by atoms with Gasteiger partial charge in [-0.1, -0.05) is 78.9 Å². The first-order chi connectivity index (χ1) is 23.4.